The molecule has 0 unspecified atom stereocenters. The molecule has 188 valence electrons. The third kappa shape index (κ3) is 5.95. The molecule has 1 amide bonds. The minimum Gasteiger partial charge on any atom is -0.493 e. The number of rotatable bonds is 8. The minimum atomic E-state index is -0.112. The number of nitrogens with one attached hydrogen (secondary N) is 1. The molecule has 7 heteroatoms. The third-order valence-corrected chi connectivity index (χ3v) is 8.14. The number of nitrogens with zero attached hydrogens (tertiary/aromatic N) is 1. The molecule has 1 aliphatic rings. The molecule has 0 atom stereocenters. The number of methoxy groups -OCH3 is 1. The fraction of sp³-hybridized carbons (Fsp3) is 0.200. The molecule has 0 radical (unpaired) electrons. The Labute approximate surface area is 229 Å². The van der Waals surface area contributed by atoms with E-state index in [-0.39, 0.29) is 5.91 Å². The number of carbonyl (C=O) groups excluding carboxylic acids is 1. The highest BCUT2D eigenvalue weighted by molar-refractivity contribution is 9.10. The second kappa shape index (κ2) is 11.8. The molecule has 5 nitrogen and oxygen atoms in total. The number of carbonyl (C=O) groups is 1. The highest BCUT2D eigenvalue weighted by atomic mass is 79.9. The van der Waals surface area contributed by atoms with Crippen LogP contribution >= 0.6 is 27.3 Å². The standard InChI is InChI=1S/C30H27BrN2O3S/c1-35-25-16-21(24(31)17-26(25)36-19-20-10-4-2-5-11-20)18-32-30-28(23-14-8-9-15-27(23)37-30)29(34)33-22-12-6-3-7-13-22/h2-7,10-13,16-18H,8-9,14-15,19H2,1H3,(H,33,34). The van der Waals surface area contributed by atoms with Crippen LogP contribution in [0, 0.1) is 0 Å². The van der Waals surface area contributed by atoms with Crippen LogP contribution in [0.15, 0.2) is 82.3 Å². The summed E-state index contributed by atoms with van der Waals surface area (Å²) in [6.45, 7) is 0.442. The van der Waals surface area contributed by atoms with Gasteiger partial charge in [-0.1, -0.05) is 48.5 Å². The summed E-state index contributed by atoms with van der Waals surface area (Å²) in [5.74, 6) is 1.15. The Morgan fingerprint density at radius 3 is 2.51 bits per heavy atom. The summed E-state index contributed by atoms with van der Waals surface area (Å²) >= 11 is 5.27. The summed E-state index contributed by atoms with van der Waals surface area (Å²) in [6, 6.07) is 23.3. The number of para-hydroxylation sites is 1. The predicted octanol–water partition coefficient (Wildman–Crippen LogP) is 7.98. The number of halogens is 1. The monoisotopic (exact) mass is 574 g/mol. The van der Waals surface area contributed by atoms with E-state index >= 15 is 0 Å². The predicted molar refractivity (Wildman–Crippen MR) is 154 cm³/mol. The van der Waals surface area contributed by atoms with Crippen LogP contribution in [0.25, 0.3) is 0 Å². The number of anilines is 1. The van der Waals surface area contributed by atoms with Crippen molar-refractivity contribution in [3.63, 3.8) is 0 Å². The first kappa shape index (κ1) is 25.2. The molecule has 5 rings (SSSR count). The normalized spacial score (nSPS) is 12.8. The molecule has 0 spiro atoms. The zero-order valence-corrected chi connectivity index (χ0v) is 22.9. The zero-order chi connectivity index (χ0) is 25.6. The lowest BCUT2D eigenvalue weighted by molar-refractivity contribution is 0.102. The van der Waals surface area contributed by atoms with Crippen molar-refractivity contribution in [3.05, 3.63) is 104 Å². The van der Waals surface area contributed by atoms with Crippen molar-refractivity contribution >= 4 is 50.1 Å². The average Bonchev–Trinajstić information content (AvgIpc) is 3.31. The minimum absolute atomic E-state index is 0.112. The Kier molecular flexibility index (Phi) is 8.02. The number of ether oxygens (including phenoxy) is 2. The number of hydrogen-bond donors (Lipinski definition) is 1. The lowest BCUT2D eigenvalue weighted by atomic mass is 9.95. The summed E-state index contributed by atoms with van der Waals surface area (Å²) in [5.41, 5.74) is 4.51. The average molecular weight is 576 g/mol. The van der Waals surface area contributed by atoms with Gasteiger partial charge in [-0.05, 0) is 77.0 Å². The lowest BCUT2D eigenvalue weighted by Crippen LogP contribution is -2.14. The quantitative estimate of drug-likeness (QED) is 0.217. The first-order valence-electron chi connectivity index (χ1n) is 12.2. The maximum atomic E-state index is 13.4. The van der Waals surface area contributed by atoms with Gasteiger partial charge < -0.3 is 14.8 Å². The largest absolute Gasteiger partial charge is 0.493 e. The van der Waals surface area contributed by atoms with E-state index < -0.39 is 0 Å². The van der Waals surface area contributed by atoms with Crippen molar-refractivity contribution in [1.29, 1.82) is 0 Å². The Morgan fingerprint density at radius 2 is 1.76 bits per heavy atom. The van der Waals surface area contributed by atoms with Gasteiger partial charge in [-0.2, -0.15) is 0 Å². The summed E-state index contributed by atoms with van der Waals surface area (Å²) in [7, 11) is 1.62. The summed E-state index contributed by atoms with van der Waals surface area (Å²) in [5, 5.41) is 3.78. The van der Waals surface area contributed by atoms with Crippen LogP contribution in [-0.4, -0.2) is 19.2 Å². The van der Waals surface area contributed by atoms with Crippen molar-refractivity contribution in [2.75, 3.05) is 12.4 Å². The van der Waals surface area contributed by atoms with Crippen molar-refractivity contribution in [3.8, 4) is 11.5 Å². The maximum Gasteiger partial charge on any atom is 0.259 e. The van der Waals surface area contributed by atoms with Crippen LogP contribution in [-0.2, 0) is 19.4 Å². The van der Waals surface area contributed by atoms with E-state index in [2.05, 4.69) is 21.2 Å². The van der Waals surface area contributed by atoms with Crippen LogP contribution in [0.4, 0.5) is 10.7 Å². The van der Waals surface area contributed by atoms with E-state index in [4.69, 9.17) is 14.5 Å². The number of thiophene rings is 1. The second-order valence-corrected chi connectivity index (χ2v) is 10.7. The fourth-order valence-electron chi connectivity index (χ4n) is 4.38. The molecule has 0 fully saturated rings. The van der Waals surface area contributed by atoms with Gasteiger partial charge >= 0.3 is 0 Å². The second-order valence-electron chi connectivity index (χ2n) is 8.77. The number of fused-ring (bicyclic) bond motifs is 1. The Balaban J connectivity index is 1.42. The molecule has 1 N–H and O–H groups in total. The number of amides is 1. The molecule has 3 aromatic carbocycles. The molecule has 0 saturated carbocycles. The highest BCUT2D eigenvalue weighted by Crippen LogP contribution is 2.41. The van der Waals surface area contributed by atoms with E-state index in [1.807, 2.05) is 72.8 Å². The van der Waals surface area contributed by atoms with Crippen LogP contribution in [0.2, 0.25) is 0 Å². The Bertz CT molecular complexity index is 1420. The molecule has 1 aliphatic carbocycles. The van der Waals surface area contributed by atoms with E-state index in [0.717, 1.165) is 57.5 Å². The molecule has 1 aromatic heterocycles. The highest BCUT2D eigenvalue weighted by Gasteiger charge is 2.25. The van der Waals surface area contributed by atoms with Crippen molar-refractivity contribution in [2.45, 2.75) is 32.3 Å². The van der Waals surface area contributed by atoms with Crippen molar-refractivity contribution in [1.82, 2.24) is 0 Å². The van der Waals surface area contributed by atoms with Gasteiger partial charge in [0.15, 0.2) is 11.5 Å². The first-order valence-corrected chi connectivity index (χ1v) is 13.8. The van der Waals surface area contributed by atoms with Gasteiger partial charge in [0.1, 0.15) is 11.6 Å². The van der Waals surface area contributed by atoms with Gasteiger partial charge in [-0.25, -0.2) is 4.99 Å². The summed E-state index contributed by atoms with van der Waals surface area (Å²) in [6.07, 6.45) is 5.91. The van der Waals surface area contributed by atoms with E-state index in [1.165, 1.54) is 4.88 Å². The number of benzene rings is 3. The van der Waals surface area contributed by atoms with E-state index in [1.54, 1.807) is 24.7 Å². The molecule has 37 heavy (non-hydrogen) atoms. The van der Waals surface area contributed by atoms with Gasteiger partial charge in [-0.15, -0.1) is 11.3 Å². The van der Waals surface area contributed by atoms with Gasteiger partial charge in [0.2, 0.25) is 0 Å². The Hall–Kier alpha value is -3.42. The molecule has 1 heterocycles. The SMILES string of the molecule is COc1cc(C=Nc2sc3c(c2C(=O)Nc2ccccc2)CCCC3)c(Br)cc1OCc1ccccc1. The Morgan fingerprint density at radius 1 is 1.03 bits per heavy atom. The van der Waals surface area contributed by atoms with Crippen LogP contribution in [0.1, 0.15) is 44.8 Å². The summed E-state index contributed by atoms with van der Waals surface area (Å²) < 4.78 is 12.5. The molecular weight excluding hydrogens is 548 g/mol. The molecule has 0 bridgehead atoms. The topological polar surface area (TPSA) is 59.9 Å². The van der Waals surface area contributed by atoms with Crippen LogP contribution in [0.3, 0.4) is 0 Å². The first-order chi connectivity index (χ1) is 18.1. The van der Waals surface area contributed by atoms with E-state index in [0.29, 0.717) is 23.7 Å². The van der Waals surface area contributed by atoms with Crippen LogP contribution < -0.4 is 14.8 Å². The lowest BCUT2D eigenvalue weighted by Gasteiger charge is -2.13. The van der Waals surface area contributed by atoms with E-state index in [9.17, 15) is 4.79 Å². The van der Waals surface area contributed by atoms with Gasteiger partial charge in [-0.3, -0.25) is 4.79 Å². The maximum absolute atomic E-state index is 13.4. The van der Waals surface area contributed by atoms with Gasteiger partial charge in [0.25, 0.3) is 5.91 Å². The van der Waals surface area contributed by atoms with Crippen molar-refractivity contribution in [2.24, 2.45) is 4.99 Å². The number of aliphatic imine (C=N–C) groups is 1. The smallest absolute Gasteiger partial charge is 0.259 e. The summed E-state index contributed by atoms with van der Waals surface area (Å²) in [4.78, 5) is 19.4. The molecule has 0 saturated heterocycles. The zero-order valence-electron chi connectivity index (χ0n) is 20.5. The van der Waals surface area contributed by atoms with Gasteiger partial charge in [0, 0.05) is 26.8 Å². The van der Waals surface area contributed by atoms with Gasteiger partial charge in [0.05, 0.1) is 12.7 Å². The fourth-order valence-corrected chi connectivity index (χ4v) is 6.03. The number of hydrogen-bond acceptors (Lipinski definition) is 5. The molecule has 0 aliphatic heterocycles. The number of aryl methyl sites for hydroxylation is 1. The van der Waals surface area contributed by atoms with Crippen molar-refractivity contribution < 1.29 is 14.3 Å². The van der Waals surface area contributed by atoms with Crippen LogP contribution in [0.5, 0.6) is 11.5 Å². The molecular formula is C30H27BrN2O3S. The molecule has 4 aromatic rings. The third-order valence-electron chi connectivity index (χ3n) is 6.25.